The summed E-state index contributed by atoms with van der Waals surface area (Å²) in [4.78, 5) is 22.0. The van der Waals surface area contributed by atoms with Crippen LogP contribution < -0.4 is 4.74 Å². The van der Waals surface area contributed by atoms with Crippen LogP contribution in [0.15, 0.2) is 97.1 Å². The molecule has 4 aromatic carbocycles. The molecule has 44 heavy (non-hydrogen) atoms. The summed E-state index contributed by atoms with van der Waals surface area (Å²) in [5, 5.41) is 14.8. The number of hydrogen-bond donors (Lipinski definition) is 2. The molecule has 10 nitrogen and oxygen atoms in total. The smallest absolute Gasteiger partial charge is 0.494 e. The van der Waals surface area contributed by atoms with E-state index in [9.17, 15) is 4.79 Å². The van der Waals surface area contributed by atoms with Crippen LogP contribution in [0.4, 0.5) is 4.79 Å². The summed E-state index contributed by atoms with van der Waals surface area (Å²) in [6, 6.07) is 30.7. The van der Waals surface area contributed by atoms with Crippen molar-refractivity contribution in [3.05, 3.63) is 114 Å². The lowest BCUT2D eigenvalue weighted by molar-refractivity contribution is 0.0448. The second kappa shape index (κ2) is 13.0. The molecule has 0 fully saturated rings. The number of hydrogen-bond acceptors (Lipinski definition) is 8. The Kier molecular flexibility index (Phi) is 8.40. The Hall–Kier alpha value is -5.77. The van der Waals surface area contributed by atoms with Crippen LogP contribution in [0.1, 0.15) is 23.6 Å². The summed E-state index contributed by atoms with van der Waals surface area (Å²) >= 11 is 0. The van der Waals surface area contributed by atoms with Crippen molar-refractivity contribution in [2.24, 2.45) is 0 Å². The molecule has 0 aliphatic carbocycles. The van der Waals surface area contributed by atoms with E-state index in [-0.39, 0.29) is 13.2 Å². The van der Waals surface area contributed by atoms with Crippen LogP contribution in [-0.4, -0.2) is 43.1 Å². The average Bonchev–Trinajstić information content (AvgIpc) is 3.75. The molecule has 0 unspecified atom stereocenters. The van der Waals surface area contributed by atoms with E-state index >= 15 is 0 Å². The lowest BCUT2D eigenvalue weighted by Gasteiger charge is -2.10. The van der Waals surface area contributed by atoms with E-state index in [2.05, 4.69) is 30.4 Å². The molecule has 0 aliphatic rings. The molecule has 0 bridgehead atoms. The first-order valence-electron chi connectivity index (χ1n) is 14.2. The topological polar surface area (TPSA) is 128 Å². The van der Waals surface area contributed by atoms with Gasteiger partial charge in [-0.25, -0.2) is 14.8 Å². The van der Waals surface area contributed by atoms with E-state index in [1.807, 2.05) is 111 Å². The summed E-state index contributed by atoms with van der Waals surface area (Å²) in [6.45, 7) is 4.53. The van der Waals surface area contributed by atoms with Crippen molar-refractivity contribution < 1.29 is 19.0 Å². The molecule has 0 amide bonds. The van der Waals surface area contributed by atoms with Gasteiger partial charge in [-0.3, -0.25) is 10.2 Å². The molecule has 0 saturated carbocycles. The van der Waals surface area contributed by atoms with Gasteiger partial charge >= 0.3 is 6.16 Å². The van der Waals surface area contributed by atoms with Gasteiger partial charge in [-0.15, -0.1) is 0 Å². The van der Waals surface area contributed by atoms with Crippen molar-refractivity contribution in [2.45, 2.75) is 27.1 Å². The van der Waals surface area contributed by atoms with Gasteiger partial charge in [0.25, 0.3) is 0 Å². The number of nitrogens with zero attached hydrogens (tertiary/aromatic N) is 4. The Morgan fingerprint density at radius 2 is 1.23 bits per heavy atom. The maximum atomic E-state index is 12.7. The van der Waals surface area contributed by atoms with Crippen molar-refractivity contribution in [2.75, 3.05) is 6.61 Å². The van der Waals surface area contributed by atoms with Gasteiger partial charge < -0.3 is 14.2 Å². The van der Waals surface area contributed by atoms with Crippen LogP contribution in [0.5, 0.6) is 5.75 Å². The highest BCUT2D eigenvalue weighted by Gasteiger charge is 2.16. The first-order valence-corrected chi connectivity index (χ1v) is 14.2. The molecule has 2 heterocycles. The number of aryl methyl sites for hydroxylation is 1. The second-order valence-corrected chi connectivity index (χ2v) is 9.99. The summed E-state index contributed by atoms with van der Waals surface area (Å²) < 4.78 is 16.6. The fourth-order valence-electron chi connectivity index (χ4n) is 4.77. The van der Waals surface area contributed by atoms with E-state index in [0.29, 0.717) is 29.9 Å². The van der Waals surface area contributed by atoms with Gasteiger partial charge in [0.1, 0.15) is 19.0 Å². The first-order chi connectivity index (χ1) is 21.6. The predicted molar refractivity (Wildman–Crippen MR) is 165 cm³/mol. The fraction of sp³-hybridized carbons (Fsp3) is 0.147. The van der Waals surface area contributed by atoms with E-state index in [4.69, 9.17) is 14.2 Å². The van der Waals surface area contributed by atoms with Crippen molar-refractivity contribution in [3.63, 3.8) is 0 Å². The van der Waals surface area contributed by atoms with Crippen LogP contribution in [0.3, 0.4) is 0 Å². The molecule has 0 atom stereocenters. The Morgan fingerprint density at radius 3 is 1.80 bits per heavy atom. The summed E-state index contributed by atoms with van der Waals surface area (Å²) in [7, 11) is 0. The van der Waals surface area contributed by atoms with Crippen molar-refractivity contribution in [1.29, 1.82) is 0 Å². The second-order valence-electron chi connectivity index (χ2n) is 9.99. The molecule has 6 aromatic rings. The standard InChI is InChI=1S/C34H30N6O4/c1-3-42-27-15-9-14-24(19-27)31-36-33(40-38-31)29-17-7-5-12-26(29)21-44-34(41)43-20-25-11-4-6-16-28(25)32-35-30(37-39-32)23-13-8-10-22(2)18-23/h4-19H,3,20-21H2,1-2H3,(H,35,37,39)(H,36,38,40). The van der Waals surface area contributed by atoms with Crippen LogP contribution in [-0.2, 0) is 22.7 Å². The first kappa shape index (κ1) is 28.4. The van der Waals surface area contributed by atoms with Gasteiger partial charge in [-0.2, -0.15) is 10.2 Å². The van der Waals surface area contributed by atoms with E-state index in [1.54, 1.807) is 0 Å². The molecular weight excluding hydrogens is 556 g/mol. The average molecular weight is 587 g/mol. The molecule has 2 N–H and O–H groups in total. The summed E-state index contributed by atoms with van der Waals surface area (Å²) in [5.74, 6) is 3.02. The van der Waals surface area contributed by atoms with E-state index < -0.39 is 6.16 Å². The van der Waals surface area contributed by atoms with Gasteiger partial charge in [-0.1, -0.05) is 84.4 Å². The number of aromatic nitrogens is 6. The Bertz CT molecular complexity index is 1900. The normalized spacial score (nSPS) is 10.9. The maximum absolute atomic E-state index is 12.7. The lowest BCUT2D eigenvalue weighted by Crippen LogP contribution is -2.08. The third kappa shape index (κ3) is 6.49. The van der Waals surface area contributed by atoms with Crippen molar-refractivity contribution >= 4 is 6.16 Å². The minimum atomic E-state index is -0.793. The zero-order valence-corrected chi connectivity index (χ0v) is 24.3. The number of aromatic amines is 2. The minimum Gasteiger partial charge on any atom is -0.494 e. The fourth-order valence-corrected chi connectivity index (χ4v) is 4.77. The molecule has 0 saturated heterocycles. The Morgan fingerprint density at radius 1 is 0.682 bits per heavy atom. The number of carbonyl (C=O) groups excluding carboxylic acids is 1. The van der Waals surface area contributed by atoms with Crippen LogP contribution >= 0.6 is 0 Å². The van der Waals surface area contributed by atoms with E-state index in [0.717, 1.165) is 44.7 Å². The highest BCUT2D eigenvalue weighted by atomic mass is 16.7. The molecule has 0 radical (unpaired) electrons. The molecule has 220 valence electrons. The monoisotopic (exact) mass is 586 g/mol. The number of carbonyl (C=O) groups is 1. The SMILES string of the molecule is CCOc1cccc(-c2n[nH]c(-c3ccccc3COC(=O)OCc3ccccc3-c3nc(-c4cccc(C)c4)n[nH]3)n2)c1. The molecule has 10 heteroatoms. The number of H-pyrrole nitrogens is 2. The number of ether oxygens (including phenoxy) is 3. The lowest BCUT2D eigenvalue weighted by atomic mass is 10.1. The zero-order chi connectivity index (χ0) is 30.3. The number of nitrogens with one attached hydrogen (secondary N) is 2. The summed E-state index contributed by atoms with van der Waals surface area (Å²) in [5.41, 5.74) is 5.93. The minimum absolute atomic E-state index is 0.00338. The van der Waals surface area contributed by atoms with Crippen LogP contribution in [0, 0.1) is 6.92 Å². The molecule has 6 rings (SSSR count). The third-order valence-corrected chi connectivity index (χ3v) is 6.89. The van der Waals surface area contributed by atoms with Crippen LogP contribution in [0.2, 0.25) is 0 Å². The number of benzene rings is 4. The third-order valence-electron chi connectivity index (χ3n) is 6.89. The Labute approximate surface area is 254 Å². The van der Waals surface area contributed by atoms with Gasteiger partial charge in [0, 0.05) is 33.4 Å². The predicted octanol–water partition coefficient (Wildman–Crippen LogP) is 7.15. The van der Waals surface area contributed by atoms with Crippen molar-refractivity contribution in [1.82, 2.24) is 30.4 Å². The quantitative estimate of drug-likeness (QED) is 0.162. The van der Waals surface area contributed by atoms with Gasteiger partial charge in [0.15, 0.2) is 23.3 Å². The highest BCUT2D eigenvalue weighted by Crippen LogP contribution is 2.27. The van der Waals surface area contributed by atoms with E-state index in [1.165, 1.54) is 0 Å². The maximum Gasteiger partial charge on any atom is 0.508 e. The van der Waals surface area contributed by atoms with Gasteiger partial charge in [0.2, 0.25) is 0 Å². The van der Waals surface area contributed by atoms with Gasteiger partial charge in [-0.05, 0) is 32.0 Å². The largest absolute Gasteiger partial charge is 0.508 e. The molecule has 2 aromatic heterocycles. The van der Waals surface area contributed by atoms with Crippen molar-refractivity contribution in [3.8, 4) is 51.3 Å². The summed E-state index contributed by atoms with van der Waals surface area (Å²) in [6.07, 6.45) is -0.793. The molecular formula is C34H30N6O4. The number of rotatable bonds is 10. The molecule has 0 aliphatic heterocycles. The van der Waals surface area contributed by atoms with Gasteiger partial charge in [0.05, 0.1) is 6.61 Å². The zero-order valence-electron chi connectivity index (χ0n) is 24.3. The molecule has 0 spiro atoms. The van der Waals surface area contributed by atoms with Crippen LogP contribution in [0.25, 0.3) is 45.6 Å². The highest BCUT2D eigenvalue weighted by molar-refractivity contribution is 5.67. The Balaban J connectivity index is 1.10.